The summed E-state index contributed by atoms with van der Waals surface area (Å²) in [5, 5.41) is 4.20. The van der Waals surface area contributed by atoms with Crippen molar-refractivity contribution in [2.45, 2.75) is 25.7 Å². The summed E-state index contributed by atoms with van der Waals surface area (Å²) in [5.41, 5.74) is 7.94. The first kappa shape index (κ1) is 20.7. The molecular weight excluding hydrogens is 423 g/mol. The average Bonchev–Trinajstić information content (AvgIpc) is 3.01. The van der Waals surface area contributed by atoms with Crippen molar-refractivity contribution >= 4 is 26.6 Å². The largest absolute Gasteiger partial charge is 0.398 e. The molecule has 0 radical (unpaired) electrons. The number of nitrogens with zero attached hydrogens (tertiary/aromatic N) is 3. The lowest BCUT2D eigenvalue weighted by atomic mass is 10.1. The Labute approximate surface area is 177 Å². The van der Waals surface area contributed by atoms with Crippen LogP contribution in [0.5, 0.6) is 0 Å². The number of sulfone groups is 1. The third kappa shape index (κ3) is 3.38. The second-order valence-electron chi connectivity index (χ2n) is 7.37. The number of benzene rings is 1. The summed E-state index contributed by atoms with van der Waals surface area (Å²) in [5.74, 6) is -0.258. The van der Waals surface area contributed by atoms with Crippen LogP contribution < -0.4 is 11.2 Å². The molecule has 0 saturated carbocycles. The average molecular weight is 442 g/mol. The number of rotatable bonds is 3. The van der Waals surface area contributed by atoms with Gasteiger partial charge in [0.05, 0.1) is 38.6 Å². The van der Waals surface area contributed by atoms with Gasteiger partial charge >= 0.3 is 0 Å². The highest BCUT2D eigenvalue weighted by molar-refractivity contribution is 7.90. The van der Waals surface area contributed by atoms with Gasteiger partial charge in [-0.15, -0.1) is 0 Å². The van der Waals surface area contributed by atoms with Gasteiger partial charge in [0.25, 0.3) is 0 Å². The summed E-state index contributed by atoms with van der Waals surface area (Å²) in [6, 6.07) is 6.75. The highest BCUT2D eigenvalue weighted by Gasteiger charge is 2.21. The Hall–Kier alpha value is -3.53. The number of nitrogen functional groups attached to an aromatic ring is 1. The van der Waals surface area contributed by atoms with Gasteiger partial charge in [-0.2, -0.15) is 0 Å². The van der Waals surface area contributed by atoms with E-state index in [1.807, 2.05) is 0 Å². The summed E-state index contributed by atoms with van der Waals surface area (Å²) in [7, 11) is -3.72. The van der Waals surface area contributed by atoms with Crippen molar-refractivity contribution in [3.8, 4) is 16.9 Å². The Kier molecular flexibility index (Phi) is 4.69. The summed E-state index contributed by atoms with van der Waals surface area (Å²) in [6.45, 7) is 5.14. The maximum Gasteiger partial charge on any atom is 0.191 e. The molecule has 0 amide bonds. The first-order valence-electron chi connectivity index (χ1n) is 9.25. The highest BCUT2D eigenvalue weighted by atomic mass is 32.2. The van der Waals surface area contributed by atoms with Gasteiger partial charge in [0.2, 0.25) is 0 Å². The Balaban J connectivity index is 2.08. The lowest BCUT2D eigenvalue weighted by Crippen LogP contribution is -2.14. The van der Waals surface area contributed by atoms with E-state index in [0.717, 1.165) is 12.3 Å². The Morgan fingerprint density at radius 3 is 2.45 bits per heavy atom. The van der Waals surface area contributed by atoms with Crippen molar-refractivity contribution < 1.29 is 17.3 Å². The number of halogens is 1. The molecule has 3 heterocycles. The van der Waals surface area contributed by atoms with Crippen molar-refractivity contribution in [1.82, 2.24) is 14.7 Å². The maximum absolute atomic E-state index is 15.1. The summed E-state index contributed by atoms with van der Waals surface area (Å²) in [4.78, 5) is 16.9. The Morgan fingerprint density at radius 2 is 1.84 bits per heavy atom. The molecule has 3 aromatic heterocycles. The van der Waals surface area contributed by atoms with E-state index in [2.05, 4.69) is 10.1 Å². The zero-order valence-electron chi connectivity index (χ0n) is 17.2. The highest BCUT2D eigenvalue weighted by Crippen LogP contribution is 2.30. The van der Waals surface area contributed by atoms with Crippen molar-refractivity contribution in [2.24, 2.45) is 0 Å². The Morgan fingerprint density at radius 1 is 1.13 bits per heavy atom. The van der Waals surface area contributed by atoms with Gasteiger partial charge < -0.3 is 10.3 Å². The number of nitrogens with two attached hydrogens (primary N) is 1. The fraction of sp³-hybridized carbons (Fsp3) is 0.190. The van der Waals surface area contributed by atoms with E-state index in [1.54, 1.807) is 32.9 Å². The topological polar surface area (TPSA) is 121 Å². The van der Waals surface area contributed by atoms with Gasteiger partial charge in [0, 0.05) is 18.0 Å². The molecule has 31 heavy (non-hydrogen) atoms. The number of aryl methyl sites for hydroxylation is 3. The molecule has 4 rings (SSSR count). The molecular formula is C21H19FN4O4S. The minimum absolute atomic E-state index is 0.0178. The fourth-order valence-electron chi connectivity index (χ4n) is 3.65. The van der Waals surface area contributed by atoms with Crippen molar-refractivity contribution in [1.29, 1.82) is 0 Å². The predicted octanol–water partition coefficient (Wildman–Crippen LogP) is 3.09. The first-order valence-corrected chi connectivity index (χ1v) is 11.1. The normalized spacial score (nSPS) is 11.9. The molecule has 1 aromatic carbocycles. The first-order chi connectivity index (χ1) is 14.5. The molecule has 0 aliphatic carbocycles. The molecule has 160 valence electrons. The SMILES string of the molecule is Cc1noc(C)c1-c1ccc2c(=O)cc(C)n(-c3cc(N)c(S(C)(=O)=O)cc3F)c2n1. The lowest BCUT2D eigenvalue weighted by Gasteiger charge is -2.17. The van der Waals surface area contributed by atoms with Crippen LogP contribution >= 0.6 is 0 Å². The zero-order valence-corrected chi connectivity index (χ0v) is 18.0. The van der Waals surface area contributed by atoms with Crippen LogP contribution in [0.25, 0.3) is 28.0 Å². The van der Waals surface area contributed by atoms with Crippen LogP contribution in [0.3, 0.4) is 0 Å². The molecule has 0 unspecified atom stereocenters. The Bertz CT molecular complexity index is 1520. The van der Waals surface area contributed by atoms with E-state index < -0.39 is 15.7 Å². The van der Waals surface area contributed by atoms with Crippen LogP contribution in [0, 0.1) is 26.6 Å². The second kappa shape index (κ2) is 7.02. The van der Waals surface area contributed by atoms with E-state index in [9.17, 15) is 13.2 Å². The number of fused-ring (bicyclic) bond motifs is 1. The van der Waals surface area contributed by atoms with Crippen LogP contribution in [-0.2, 0) is 9.84 Å². The minimum Gasteiger partial charge on any atom is -0.398 e. The van der Waals surface area contributed by atoms with Gasteiger partial charge in [-0.05, 0) is 45.0 Å². The molecule has 0 spiro atoms. The van der Waals surface area contributed by atoms with Gasteiger partial charge in [0.15, 0.2) is 15.3 Å². The maximum atomic E-state index is 15.1. The summed E-state index contributed by atoms with van der Waals surface area (Å²) in [6.07, 6.45) is 0.954. The lowest BCUT2D eigenvalue weighted by molar-refractivity contribution is 0.393. The molecule has 0 bridgehead atoms. The number of pyridine rings is 2. The van der Waals surface area contributed by atoms with E-state index in [1.165, 1.54) is 16.7 Å². The third-order valence-electron chi connectivity index (χ3n) is 5.05. The molecule has 0 saturated heterocycles. The van der Waals surface area contributed by atoms with Crippen LogP contribution in [0.15, 0.2) is 44.5 Å². The monoisotopic (exact) mass is 442 g/mol. The molecule has 0 aliphatic heterocycles. The molecule has 0 aliphatic rings. The zero-order chi connectivity index (χ0) is 22.7. The molecule has 0 atom stereocenters. The smallest absolute Gasteiger partial charge is 0.191 e. The van der Waals surface area contributed by atoms with Gasteiger partial charge in [-0.1, -0.05) is 5.16 Å². The van der Waals surface area contributed by atoms with Crippen LogP contribution in [-0.4, -0.2) is 29.4 Å². The molecule has 10 heteroatoms. The minimum atomic E-state index is -3.72. The molecule has 4 aromatic rings. The van der Waals surface area contributed by atoms with E-state index in [0.29, 0.717) is 28.4 Å². The standard InChI is InChI=1S/C21H19FN4O4S/c1-10-7-18(27)13-5-6-16(20-11(2)25-30-12(20)3)24-21(13)26(10)17-9-15(23)19(8-14(17)22)31(4,28)29/h5-9H,23H2,1-4H3. The summed E-state index contributed by atoms with van der Waals surface area (Å²) >= 11 is 0. The number of aromatic nitrogens is 3. The van der Waals surface area contributed by atoms with E-state index in [-0.39, 0.29) is 32.7 Å². The van der Waals surface area contributed by atoms with Crippen LogP contribution in [0.2, 0.25) is 0 Å². The van der Waals surface area contributed by atoms with Crippen LogP contribution in [0.1, 0.15) is 17.1 Å². The van der Waals surface area contributed by atoms with Crippen LogP contribution in [0.4, 0.5) is 10.1 Å². The van der Waals surface area contributed by atoms with Gasteiger partial charge in [-0.3, -0.25) is 9.36 Å². The number of anilines is 1. The van der Waals surface area contributed by atoms with E-state index >= 15 is 4.39 Å². The molecule has 8 nitrogen and oxygen atoms in total. The van der Waals surface area contributed by atoms with E-state index in [4.69, 9.17) is 10.3 Å². The molecule has 2 N–H and O–H groups in total. The quantitative estimate of drug-likeness (QED) is 0.484. The molecule has 0 fully saturated rings. The number of hydrogen-bond donors (Lipinski definition) is 1. The third-order valence-corrected chi connectivity index (χ3v) is 6.21. The second-order valence-corrected chi connectivity index (χ2v) is 9.35. The number of hydrogen-bond acceptors (Lipinski definition) is 7. The van der Waals surface area contributed by atoms with Gasteiger partial charge in [-0.25, -0.2) is 17.8 Å². The fourth-order valence-corrected chi connectivity index (χ4v) is 4.46. The van der Waals surface area contributed by atoms with Crippen molar-refractivity contribution in [3.05, 3.63) is 63.5 Å². The van der Waals surface area contributed by atoms with Crippen molar-refractivity contribution in [2.75, 3.05) is 12.0 Å². The van der Waals surface area contributed by atoms with Crippen molar-refractivity contribution in [3.63, 3.8) is 0 Å². The predicted molar refractivity (Wildman–Crippen MR) is 115 cm³/mol. The van der Waals surface area contributed by atoms with Gasteiger partial charge in [0.1, 0.15) is 17.2 Å². The summed E-state index contributed by atoms with van der Waals surface area (Å²) < 4.78 is 45.5.